The predicted octanol–water partition coefficient (Wildman–Crippen LogP) is 3.17. The van der Waals surface area contributed by atoms with E-state index in [9.17, 15) is 0 Å². The molecule has 1 N–H and O–H groups in total. The first kappa shape index (κ1) is 13.6. The molecule has 0 aliphatic carbocycles. The topological polar surface area (TPSA) is 21.3 Å². The lowest BCUT2D eigenvalue weighted by Gasteiger charge is -2.15. The zero-order valence-electron chi connectivity index (χ0n) is 11.4. The quantitative estimate of drug-likeness (QED) is 0.799. The van der Waals surface area contributed by atoms with Crippen LogP contribution in [0.3, 0.4) is 0 Å². The second kappa shape index (κ2) is 7.55. The van der Waals surface area contributed by atoms with E-state index in [1.54, 1.807) is 0 Å². The van der Waals surface area contributed by atoms with Crippen LogP contribution in [0.1, 0.15) is 38.2 Å². The molecule has 2 atom stereocenters. The van der Waals surface area contributed by atoms with Crippen LogP contribution in [0.2, 0.25) is 0 Å². The molecule has 1 aromatic carbocycles. The largest absolute Gasteiger partial charge is 0.378 e. The van der Waals surface area contributed by atoms with E-state index >= 15 is 0 Å². The highest BCUT2D eigenvalue weighted by molar-refractivity contribution is 5.14. The van der Waals surface area contributed by atoms with Crippen molar-refractivity contribution in [3.05, 3.63) is 35.9 Å². The van der Waals surface area contributed by atoms with Crippen LogP contribution in [-0.4, -0.2) is 25.3 Å². The smallest absolute Gasteiger partial charge is 0.0588 e. The SMILES string of the molecule is C[C@H](CCc1ccccc1)NCC[C@@H]1CCCO1. The molecule has 1 heterocycles. The van der Waals surface area contributed by atoms with E-state index in [0.29, 0.717) is 12.1 Å². The van der Waals surface area contributed by atoms with Crippen LogP contribution in [-0.2, 0) is 11.2 Å². The van der Waals surface area contributed by atoms with Crippen LogP contribution in [0.25, 0.3) is 0 Å². The van der Waals surface area contributed by atoms with E-state index in [4.69, 9.17) is 4.74 Å². The van der Waals surface area contributed by atoms with Gasteiger partial charge in [-0.25, -0.2) is 0 Å². The van der Waals surface area contributed by atoms with E-state index in [-0.39, 0.29) is 0 Å². The third kappa shape index (κ3) is 4.79. The summed E-state index contributed by atoms with van der Waals surface area (Å²) in [4.78, 5) is 0. The third-order valence-electron chi connectivity index (χ3n) is 3.69. The maximum Gasteiger partial charge on any atom is 0.0588 e. The van der Waals surface area contributed by atoms with Crippen molar-refractivity contribution >= 4 is 0 Å². The number of hydrogen-bond donors (Lipinski definition) is 1. The lowest BCUT2D eigenvalue weighted by molar-refractivity contribution is 0.103. The molecule has 1 saturated heterocycles. The normalized spacial score (nSPS) is 21.1. The molecule has 2 heteroatoms. The Labute approximate surface area is 111 Å². The second-order valence-electron chi connectivity index (χ2n) is 5.30. The Morgan fingerprint density at radius 1 is 1.33 bits per heavy atom. The minimum atomic E-state index is 0.513. The first-order valence-corrected chi connectivity index (χ1v) is 7.23. The lowest BCUT2D eigenvalue weighted by Crippen LogP contribution is -2.29. The van der Waals surface area contributed by atoms with Crippen molar-refractivity contribution in [1.82, 2.24) is 5.32 Å². The zero-order valence-corrected chi connectivity index (χ0v) is 11.4. The fourth-order valence-electron chi connectivity index (χ4n) is 2.49. The van der Waals surface area contributed by atoms with Gasteiger partial charge in [0, 0.05) is 12.6 Å². The Bertz CT molecular complexity index is 319. The zero-order chi connectivity index (χ0) is 12.6. The molecule has 1 aliphatic heterocycles. The summed E-state index contributed by atoms with van der Waals surface area (Å²) in [6.45, 7) is 4.33. The lowest BCUT2D eigenvalue weighted by atomic mass is 10.1. The van der Waals surface area contributed by atoms with Crippen molar-refractivity contribution in [3.8, 4) is 0 Å². The number of nitrogens with one attached hydrogen (secondary N) is 1. The number of ether oxygens (including phenoxy) is 1. The molecular weight excluding hydrogens is 222 g/mol. The molecule has 0 saturated carbocycles. The van der Waals surface area contributed by atoms with E-state index in [0.717, 1.165) is 26.0 Å². The van der Waals surface area contributed by atoms with Crippen molar-refractivity contribution in [1.29, 1.82) is 0 Å². The summed E-state index contributed by atoms with van der Waals surface area (Å²) < 4.78 is 5.62. The summed E-state index contributed by atoms with van der Waals surface area (Å²) in [5.74, 6) is 0. The summed E-state index contributed by atoms with van der Waals surface area (Å²) in [5.41, 5.74) is 1.44. The molecule has 1 aliphatic rings. The average Bonchev–Trinajstić information content (AvgIpc) is 2.91. The standard InChI is InChI=1S/C16H25NO/c1-14(9-10-15-6-3-2-4-7-15)17-12-11-16-8-5-13-18-16/h2-4,6-7,14,16-17H,5,8-13H2,1H3/t14-,16+/m1/s1. The molecule has 1 aromatic rings. The molecule has 100 valence electrons. The average molecular weight is 247 g/mol. The van der Waals surface area contributed by atoms with Gasteiger partial charge in [0.2, 0.25) is 0 Å². The van der Waals surface area contributed by atoms with Crippen LogP contribution >= 0.6 is 0 Å². The van der Waals surface area contributed by atoms with Gasteiger partial charge in [0.05, 0.1) is 6.10 Å². The Hall–Kier alpha value is -0.860. The number of hydrogen-bond acceptors (Lipinski definition) is 2. The fourth-order valence-corrected chi connectivity index (χ4v) is 2.49. The van der Waals surface area contributed by atoms with Gasteiger partial charge in [0.25, 0.3) is 0 Å². The maximum atomic E-state index is 5.62. The van der Waals surface area contributed by atoms with Crippen LogP contribution in [0.5, 0.6) is 0 Å². The maximum absolute atomic E-state index is 5.62. The summed E-state index contributed by atoms with van der Waals surface area (Å²) >= 11 is 0. The van der Waals surface area contributed by atoms with Gasteiger partial charge in [-0.1, -0.05) is 30.3 Å². The molecule has 0 aromatic heterocycles. The molecule has 2 nitrogen and oxygen atoms in total. The summed E-state index contributed by atoms with van der Waals surface area (Å²) in [5, 5.41) is 3.60. The van der Waals surface area contributed by atoms with E-state index in [1.807, 2.05) is 0 Å². The van der Waals surface area contributed by atoms with Crippen molar-refractivity contribution in [2.24, 2.45) is 0 Å². The highest BCUT2D eigenvalue weighted by Gasteiger charge is 2.14. The Morgan fingerprint density at radius 3 is 2.89 bits per heavy atom. The molecule has 1 fully saturated rings. The molecule has 18 heavy (non-hydrogen) atoms. The number of rotatable bonds is 7. The first-order chi connectivity index (χ1) is 8.84. The van der Waals surface area contributed by atoms with Gasteiger partial charge in [0.15, 0.2) is 0 Å². The first-order valence-electron chi connectivity index (χ1n) is 7.23. The third-order valence-corrected chi connectivity index (χ3v) is 3.69. The van der Waals surface area contributed by atoms with E-state index in [2.05, 4.69) is 42.6 Å². The molecular formula is C16H25NO. The Morgan fingerprint density at radius 2 is 2.17 bits per heavy atom. The van der Waals surface area contributed by atoms with Crippen molar-refractivity contribution < 1.29 is 4.74 Å². The minimum absolute atomic E-state index is 0.513. The van der Waals surface area contributed by atoms with Gasteiger partial charge < -0.3 is 10.1 Å². The van der Waals surface area contributed by atoms with Gasteiger partial charge in [0.1, 0.15) is 0 Å². The van der Waals surface area contributed by atoms with Crippen LogP contribution < -0.4 is 5.32 Å². The second-order valence-corrected chi connectivity index (χ2v) is 5.30. The molecule has 0 unspecified atom stereocenters. The van der Waals surface area contributed by atoms with Crippen LogP contribution in [0.4, 0.5) is 0 Å². The van der Waals surface area contributed by atoms with Gasteiger partial charge in [-0.2, -0.15) is 0 Å². The monoisotopic (exact) mass is 247 g/mol. The van der Waals surface area contributed by atoms with Crippen molar-refractivity contribution in [2.45, 2.75) is 51.2 Å². The highest BCUT2D eigenvalue weighted by Crippen LogP contribution is 2.14. The number of aryl methyl sites for hydroxylation is 1. The van der Waals surface area contributed by atoms with E-state index in [1.165, 1.54) is 24.8 Å². The predicted molar refractivity (Wildman–Crippen MR) is 75.8 cm³/mol. The Balaban J connectivity index is 1.56. The van der Waals surface area contributed by atoms with Gasteiger partial charge in [-0.3, -0.25) is 0 Å². The summed E-state index contributed by atoms with van der Waals surface area (Å²) in [6, 6.07) is 11.3. The molecule has 0 amide bonds. The summed E-state index contributed by atoms with van der Waals surface area (Å²) in [7, 11) is 0. The highest BCUT2D eigenvalue weighted by atomic mass is 16.5. The van der Waals surface area contributed by atoms with E-state index < -0.39 is 0 Å². The summed E-state index contributed by atoms with van der Waals surface area (Å²) in [6.07, 6.45) is 6.54. The van der Waals surface area contributed by atoms with Crippen molar-refractivity contribution in [2.75, 3.05) is 13.2 Å². The van der Waals surface area contributed by atoms with Crippen molar-refractivity contribution in [3.63, 3.8) is 0 Å². The van der Waals surface area contributed by atoms with Crippen LogP contribution in [0, 0.1) is 0 Å². The van der Waals surface area contributed by atoms with Gasteiger partial charge >= 0.3 is 0 Å². The Kier molecular flexibility index (Phi) is 5.69. The molecule has 0 spiro atoms. The van der Waals surface area contributed by atoms with Gasteiger partial charge in [-0.05, 0) is 51.1 Å². The molecule has 0 bridgehead atoms. The fraction of sp³-hybridized carbons (Fsp3) is 0.625. The number of benzene rings is 1. The van der Waals surface area contributed by atoms with Crippen LogP contribution in [0.15, 0.2) is 30.3 Å². The molecule has 0 radical (unpaired) electrons. The molecule has 2 rings (SSSR count). The van der Waals surface area contributed by atoms with Gasteiger partial charge in [-0.15, -0.1) is 0 Å². The minimum Gasteiger partial charge on any atom is -0.378 e.